The summed E-state index contributed by atoms with van der Waals surface area (Å²) in [6.07, 6.45) is 3.74. The van der Waals surface area contributed by atoms with E-state index in [1.165, 1.54) is 0 Å². The zero-order chi connectivity index (χ0) is 21.7. The van der Waals surface area contributed by atoms with Crippen molar-refractivity contribution >= 4 is 40.7 Å². The molecule has 0 spiro atoms. The Bertz CT molecular complexity index is 956. The van der Waals surface area contributed by atoms with Gasteiger partial charge < -0.3 is 20.4 Å². The van der Waals surface area contributed by atoms with Crippen molar-refractivity contribution in [2.45, 2.75) is 13.3 Å². The molecule has 0 saturated carbocycles. The van der Waals surface area contributed by atoms with E-state index in [0.29, 0.717) is 36.3 Å². The van der Waals surface area contributed by atoms with Crippen LogP contribution >= 0.6 is 11.6 Å². The Balaban J connectivity index is 1.48. The molecule has 1 aliphatic rings. The van der Waals surface area contributed by atoms with Crippen molar-refractivity contribution in [2.24, 2.45) is 12.0 Å². The molecule has 9 nitrogen and oxygen atoms in total. The average molecular weight is 432 g/mol. The molecule has 2 amide bonds. The summed E-state index contributed by atoms with van der Waals surface area (Å²) in [5.41, 5.74) is 2.41. The predicted molar refractivity (Wildman–Crippen MR) is 118 cm³/mol. The summed E-state index contributed by atoms with van der Waals surface area (Å²) < 4.78 is 1.67. The van der Waals surface area contributed by atoms with Gasteiger partial charge in [-0.2, -0.15) is 5.10 Å². The summed E-state index contributed by atoms with van der Waals surface area (Å²) >= 11 is 6.16. The quantitative estimate of drug-likeness (QED) is 0.554. The average Bonchev–Trinajstić information content (AvgIpc) is 3.13. The molecule has 0 bridgehead atoms. The van der Waals surface area contributed by atoms with E-state index in [2.05, 4.69) is 20.7 Å². The SMILES string of the molecule is CN=C(NCCC(=O)Nc1ccc(C)cc1Cl)N1CCN(c2cnn(C)c2)C(=O)C1. The Morgan fingerprint density at radius 1 is 1.33 bits per heavy atom. The maximum Gasteiger partial charge on any atom is 0.246 e. The number of halogens is 1. The van der Waals surface area contributed by atoms with E-state index in [1.807, 2.05) is 31.1 Å². The van der Waals surface area contributed by atoms with Crippen molar-refractivity contribution in [3.63, 3.8) is 0 Å². The smallest absolute Gasteiger partial charge is 0.246 e. The lowest BCUT2D eigenvalue weighted by Gasteiger charge is -2.35. The molecular weight excluding hydrogens is 406 g/mol. The molecule has 1 aromatic carbocycles. The summed E-state index contributed by atoms with van der Waals surface area (Å²) in [6.45, 7) is 3.70. The first kappa shape index (κ1) is 21.6. The number of amides is 2. The van der Waals surface area contributed by atoms with Crippen molar-refractivity contribution in [3.8, 4) is 0 Å². The first-order valence-electron chi connectivity index (χ1n) is 9.68. The highest BCUT2D eigenvalue weighted by Crippen LogP contribution is 2.22. The summed E-state index contributed by atoms with van der Waals surface area (Å²) in [5.74, 6) is 0.417. The van der Waals surface area contributed by atoms with Gasteiger partial charge in [0.25, 0.3) is 0 Å². The van der Waals surface area contributed by atoms with E-state index in [9.17, 15) is 9.59 Å². The van der Waals surface area contributed by atoms with Gasteiger partial charge in [0.15, 0.2) is 5.96 Å². The van der Waals surface area contributed by atoms with Crippen molar-refractivity contribution in [2.75, 3.05) is 43.4 Å². The molecule has 1 aromatic heterocycles. The molecule has 0 radical (unpaired) electrons. The van der Waals surface area contributed by atoms with E-state index in [4.69, 9.17) is 11.6 Å². The molecule has 1 aliphatic heterocycles. The summed E-state index contributed by atoms with van der Waals surface area (Å²) in [5, 5.41) is 10.6. The van der Waals surface area contributed by atoms with Gasteiger partial charge in [-0.15, -0.1) is 0 Å². The molecule has 2 heterocycles. The van der Waals surface area contributed by atoms with Crippen molar-refractivity contribution in [1.82, 2.24) is 20.0 Å². The monoisotopic (exact) mass is 431 g/mol. The molecule has 1 fully saturated rings. The zero-order valence-electron chi connectivity index (χ0n) is 17.4. The van der Waals surface area contributed by atoms with Crippen LogP contribution in [0.2, 0.25) is 5.02 Å². The molecule has 30 heavy (non-hydrogen) atoms. The van der Waals surface area contributed by atoms with Crippen LogP contribution in [0.15, 0.2) is 35.6 Å². The van der Waals surface area contributed by atoms with E-state index < -0.39 is 0 Å². The minimum Gasteiger partial charge on any atom is -0.356 e. The molecule has 2 N–H and O–H groups in total. The predicted octanol–water partition coefficient (Wildman–Crippen LogP) is 1.63. The number of benzene rings is 1. The van der Waals surface area contributed by atoms with Gasteiger partial charge in [0.1, 0.15) is 6.54 Å². The minimum atomic E-state index is -0.152. The van der Waals surface area contributed by atoms with Gasteiger partial charge in [-0.05, 0) is 24.6 Å². The largest absolute Gasteiger partial charge is 0.356 e. The van der Waals surface area contributed by atoms with Crippen molar-refractivity contribution in [3.05, 3.63) is 41.2 Å². The van der Waals surface area contributed by atoms with Gasteiger partial charge in [0.05, 0.1) is 22.6 Å². The lowest BCUT2D eigenvalue weighted by molar-refractivity contribution is -0.120. The standard InChI is InChI=1S/C20H26ClN7O2/c1-14-4-5-17(16(21)10-14)25-18(29)6-7-23-20(22-2)27-8-9-28(19(30)13-27)15-11-24-26(3)12-15/h4-5,10-12H,6-9,13H2,1-3H3,(H,22,23)(H,25,29). The lowest BCUT2D eigenvalue weighted by Crippen LogP contribution is -2.55. The summed E-state index contributed by atoms with van der Waals surface area (Å²) in [6, 6.07) is 5.48. The lowest BCUT2D eigenvalue weighted by atomic mass is 10.2. The van der Waals surface area contributed by atoms with Crippen LogP contribution in [0.25, 0.3) is 0 Å². The number of carbonyl (C=O) groups is 2. The highest BCUT2D eigenvalue weighted by Gasteiger charge is 2.27. The van der Waals surface area contributed by atoms with Crippen molar-refractivity contribution < 1.29 is 9.59 Å². The fourth-order valence-electron chi connectivity index (χ4n) is 3.23. The van der Waals surface area contributed by atoms with E-state index in [1.54, 1.807) is 35.0 Å². The zero-order valence-corrected chi connectivity index (χ0v) is 18.1. The molecule has 3 rings (SSSR count). The number of carbonyl (C=O) groups excluding carboxylic acids is 2. The Kier molecular flexibility index (Phi) is 6.94. The van der Waals surface area contributed by atoms with Crippen LogP contribution < -0.4 is 15.5 Å². The number of nitrogens with one attached hydrogen (secondary N) is 2. The van der Waals surface area contributed by atoms with E-state index in [0.717, 1.165) is 11.3 Å². The number of piperazine rings is 1. The van der Waals surface area contributed by atoms with Crippen LogP contribution in [-0.4, -0.2) is 65.7 Å². The molecule has 160 valence electrons. The van der Waals surface area contributed by atoms with E-state index >= 15 is 0 Å². The van der Waals surface area contributed by atoms with Gasteiger partial charge in [-0.3, -0.25) is 19.3 Å². The van der Waals surface area contributed by atoms with Gasteiger partial charge in [0, 0.05) is 46.3 Å². The summed E-state index contributed by atoms with van der Waals surface area (Å²) in [7, 11) is 3.48. The third-order valence-corrected chi connectivity index (χ3v) is 5.08. The molecular formula is C20H26ClN7O2. The second-order valence-corrected chi connectivity index (χ2v) is 7.50. The Morgan fingerprint density at radius 3 is 2.77 bits per heavy atom. The first-order chi connectivity index (χ1) is 14.4. The fourth-order valence-corrected chi connectivity index (χ4v) is 3.51. The second kappa shape index (κ2) is 9.62. The number of hydrogen-bond donors (Lipinski definition) is 2. The van der Waals surface area contributed by atoms with Gasteiger partial charge in [0.2, 0.25) is 11.8 Å². The first-order valence-corrected chi connectivity index (χ1v) is 10.1. The number of guanidine groups is 1. The third-order valence-electron chi connectivity index (χ3n) is 4.77. The van der Waals surface area contributed by atoms with Crippen molar-refractivity contribution in [1.29, 1.82) is 0 Å². The number of aliphatic imine (C=N–C) groups is 1. The van der Waals surface area contributed by atoms with Crippen LogP contribution in [-0.2, 0) is 16.6 Å². The van der Waals surface area contributed by atoms with Crippen LogP contribution in [0.1, 0.15) is 12.0 Å². The van der Waals surface area contributed by atoms with Gasteiger partial charge in [-0.1, -0.05) is 17.7 Å². The molecule has 1 saturated heterocycles. The highest BCUT2D eigenvalue weighted by molar-refractivity contribution is 6.33. The number of rotatable bonds is 5. The van der Waals surface area contributed by atoms with Crippen LogP contribution in [0.4, 0.5) is 11.4 Å². The topological polar surface area (TPSA) is 94.9 Å². The van der Waals surface area contributed by atoms with Crippen LogP contribution in [0, 0.1) is 6.92 Å². The Labute approximate surface area is 180 Å². The van der Waals surface area contributed by atoms with Crippen LogP contribution in [0.3, 0.4) is 0 Å². The fraction of sp³-hybridized carbons (Fsp3) is 0.400. The number of aromatic nitrogens is 2. The molecule has 0 unspecified atom stereocenters. The Morgan fingerprint density at radius 2 is 2.13 bits per heavy atom. The normalized spacial score (nSPS) is 14.8. The summed E-state index contributed by atoms with van der Waals surface area (Å²) in [4.78, 5) is 32.6. The number of aryl methyl sites for hydroxylation is 2. The number of hydrogen-bond acceptors (Lipinski definition) is 4. The maximum absolute atomic E-state index is 12.6. The maximum atomic E-state index is 12.6. The van der Waals surface area contributed by atoms with Gasteiger partial charge in [-0.25, -0.2) is 0 Å². The second-order valence-electron chi connectivity index (χ2n) is 7.09. The molecule has 2 aromatic rings. The Hall–Kier alpha value is -3.07. The minimum absolute atomic E-state index is 0.0241. The number of anilines is 2. The molecule has 10 heteroatoms. The third kappa shape index (κ3) is 5.29. The molecule has 0 atom stereocenters. The number of nitrogens with zero attached hydrogens (tertiary/aromatic N) is 5. The van der Waals surface area contributed by atoms with E-state index in [-0.39, 0.29) is 24.8 Å². The van der Waals surface area contributed by atoms with Crippen LogP contribution in [0.5, 0.6) is 0 Å². The van der Waals surface area contributed by atoms with Gasteiger partial charge >= 0.3 is 0 Å². The highest BCUT2D eigenvalue weighted by atomic mass is 35.5. The molecule has 0 aliphatic carbocycles.